The molecule has 0 unspecified atom stereocenters. The van der Waals surface area contributed by atoms with Crippen LogP contribution >= 0.6 is 0 Å². The van der Waals surface area contributed by atoms with Crippen LogP contribution in [0.25, 0.3) is 33.0 Å². The van der Waals surface area contributed by atoms with E-state index in [-0.39, 0.29) is 12.6 Å². The maximum Gasteiger partial charge on any atom is 0.333 e. The first-order valence-corrected chi connectivity index (χ1v) is 14.8. The molecule has 0 radical (unpaired) electrons. The summed E-state index contributed by atoms with van der Waals surface area (Å²) in [6.45, 7) is 11.4. The number of benzene rings is 4. The van der Waals surface area contributed by atoms with Crippen LogP contribution in [0.2, 0.25) is 0 Å². The van der Waals surface area contributed by atoms with Gasteiger partial charge < -0.3 is 14.2 Å². The van der Waals surface area contributed by atoms with Gasteiger partial charge in [-0.2, -0.15) is 0 Å². The number of carbonyl (C=O) groups excluding carboxylic acids is 1. The molecule has 4 aromatic carbocycles. The lowest BCUT2D eigenvalue weighted by molar-refractivity contribution is -0.138. The van der Waals surface area contributed by atoms with E-state index < -0.39 is 0 Å². The number of fused-ring (bicyclic) bond motifs is 1. The zero-order chi connectivity index (χ0) is 29.0. The van der Waals surface area contributed by atoms with E-state index in [1.54, 1.807) is 6.92 Å². The normalized spacial score (nSPS) is 11.0. The zero-order valence-corrected chi connectivity index (χ0v) is 24.7. The van der Waals surface area contributed by atoms with Gasteiger partial charge in [0.05, 0.1) is 13.2 Å². The van der Waals surface area contributed by atoms with E-state index in [0.717, 1.165) is 28.9 Å². The molecule has 4 aromatic rings. The van der Waals surface area contributed by atoms with Crippen LogP contribution in [0.4, 0.5) is 0 Å². The summed E-state index contributed by atoms with van der Waals surface area (Å²) in [6.07, 6.45) is 5.48. The summed E-state index contributed by atoms with van der Waals surface area (Å²) in [4.78, 5) is 11.9. The number of aryl methyl sites for hydroxylation is 1. The lowest BCUT2D eigenvalue weighted by atomic mass is 9.96. The summed E-state index contributed by atoms with van der Waals surface area (Å²) in [5, 5.41) is 2.40. The first kappa shape index (κ1) is 30.1. The molecule has 0 saturated heterocycles. The summed E-state index contributed by atoms with van der Waals surface area (Å²) in [5.74, 6) is 0.401. The van der Waals surface area contributed by atoms with E-state index in [1.165, 1.54) is 46.7 Å². The molecule has 0 atom stereocenters. The highest BCUT2D eigenvalue weighted by Gasteiger charge is 2.11. The van der Waals surface area contributed by atoms with Crippen LogP contribution in [0, 0.1) is 0 Å². The van der Waals surface area contributed by atoms with Crippen molar-refractivity contribution in [2.45, 2.75) is 52.9 Å². The van der Waals surface area contributed by atoms with Crippen molar-refractivity contribution in [1.82, 2.24) is 0 Å². The highest BCUT2D eigenvalue weighted by atomic mass is 16.5. The average Bonchev–Trinajstić information content (AvgIpc) is 2.99. The minimum atomic E-state index is -0.378. The summed E-state index contributed by atoms with van der Waals surface area (Å²) < 4.78 is 16.8. The Labute approximate surface area is 245 Å². The predicted octanol–water partition coefficient (Wildman–Crippen LogP) is 8.98. The second kappa shape index (κ2) is 15.2. The fourth-order valence-electron chi connectivity index (χ4n) is 4.87. The van der Waals surface area contributed by atoms with E-state index in [1.807, 2.05) is 13.0 Å². The third-order valence-electron chi connectivity index (χ3n) is 7.23. The highest BCUT2D eigenvalue weighted by molar-refractivity contribution is 5.91. The van der Waals surface area contributed by atoms with Crippen LogP contribution in [-0.4, -0.2) is 32.4 Å². The molecule has 4 heteroatoms. The van der Waals surface area contributed by atoms with E-state index in [2.05, 4.69) is 86.3 Å². The Kier molecular flexibility index (Phi) is 11.2. The van der Waals surface area contributed by atoms with Crippen molar-refractivity contribution in [1.29, 1.82) is 0 Å². The van der Waals surface area contributed by atoms with Crippen LogP contribution in [0.1, 0.15) is 51.2 Å². The van der Waals surface area contributed by atoms with Gasteiger partial charge in [0, 0.05) is 18.6 Å². The maximum absolute atomic E-state index is 11.9. The van der Waals surface area contributed by atoms with Crippen LogP contribution in [-0.2, 0) is 27.1 Å². The Morgan fingerprint density at radius 1 is 0.707 bits per heavy atom. The van der Waals surface area contributed by atoms with Crippen molar-refractivity contribution in [3.05, 3.63) is 102 Å². The van der Waals surface area contributed by atoms with E-state index in [0.29, 0.717) is 31.8 Å². The van der Waals surface area contributed by atoms with E-state index in [4.69, 9.17) is 14.2 Å². The fraction of sp³-hybridized carbons (Fsp3) is 0.324. The molecule has 0 aromatic heterocycles. The van der Waals surface area contributed by atoms with Crippen LogP contribution < -0.4 is 4.74 Å². The highest BCUT2D eigenvalue weighted by Crippen LogP contribution is 2.31. The Hall–Kier alpha value is -3.89. The van der Waals surface area contributed by atoms with E-state index >= 15 is 0 Å². The Morgan fingerprint density at radius 3 is 2.00 bits per heavy atom. The quantitative estimate of drug-likeness (QED) is 0.0842. The lowest BCUT2D eigenvalue weighted by Crippen LogP contribution is -2.10. The second-order valence-electron chi connectivity index (χ2n) is 10.5. The Morgan fingerprint density at radius 2 is 1.34 bits per heavy atom. The predicted molar refractivity (Wildman–Crippen MR) is 170 cm³/mol. The molecule has 214 valence electrons. The molecule has 0 heterocycles. The molecule has 4 rings (SSSR count). The molecule has 41 heavy (non-hydrogen) atoms. The van der Waals surface area contributed by atoms with Gasteiger partial charge in [-0.05, 0) is 95.1 Å². The molecule has 0 spiro atoms. The summed E-state index contributed by atoms with van der Waals surface area (Å²) in [7, 11) is 0. The minimum absolute atomic E-state index is 0.261. The summed E-state index contributed by atoms with van der Waals surface area (Å²) >= 11 is 0. The number of hydrogen-bond donors (Lipinski definition) is 0. The summed E-state index contributed by atoms with van der Waals surface area (Å²) in [6, 6.07) is 28.5. The largest absolute Gasteiger partial charge is 0.491 e. The third kappa shape index (κ3) is 8.55. The van der Waals surface area contributed by atoms with Gasteiger partial charge in [0.25, 0.3) is 0 Å². The van der Waals surface area contributed by atoms with Crippen molar-refractivity contribution in [2.75, 3.05) is 26.4 Å². The van der Waals surface area contributed by atoms with Crippen LogP contribution in [0.3, 0.4) is 0 Å². The number of hydrogen-bond acceptors (Lipinski definition) is 4. The van der Waals surface area contributed by atoms with Crippen LogP contribution in [0.5, 0.6) is 5.75 Å². The molecule has 0 aliphatic carbocycles. The third-order valence-corrected chi connectivity index (χ3v) is 7.23. The van der Waals surface area contributed by atoms with Crippen LogP contribution in [0.15, 0.2) is 91.0 Å². The number of ether oxygens (including phenoxy) is 3. The van der Waals surface area contributed by atoms with Crippen molar-refractivity contribution >= 4 is 16.7 Å². The van der Waals surface area contributed by atoms with Crippen molar-refractivity contribution < 1.29 is 19.0 Å². The zero-order valence-electron chi connectivity index (χ0n) is 24.7. The van der Waals surface area contributed by atoms with Gasteiger partial charge in [0.2, 0.25) is 0 Å². The smallest absolute Gasteiger partial charge is 0.333 e. The topological polar surface area (TPSA) is 44.8 Å². The molecule has 0 aliphatic rings. The monoisotopic (exact) mass is 550 g/mol. The number of unbranched alkanes of at least 4 members (excludes halogenated alkanes) is 2. The standard InChI is InChI=1S/C37H42O4/c1-5-7-8-9-28-10-12-29(13-11-28)30-14-15-32-25-33(17-16-31(32)24-30)34-18-19-36(40-23-22-39-6-2)35(26-34)20-21-41-37(38)27(3)4/h10-19,24-26H,3,5-9,20-23H2,1-2,4H3. The summed E-state index contributed by atoms with van der Waals surface area (Å²) in [5.41, 5.74) is 7.48. The van der Waals surface area contributed by atoms with E-state index in [9.17, 15) is 4.79 Å². The Balaban J connectivity index is 1.52. The van der Waals surface area contributed by atoms with Gasteiger partial charge >= 0.3 is 5.97 Å². The molecular weight excluding hydrogens is 508 g/mol. The van der Waals surface area contributed by atoms with Crippen molar-refractivity contribution in [3.63, 3.8) is 0 Å². The SMILES string of the molecule is C=C(C)C(=O)OCCc1cc(-c2ccc3cc(-c4ccc(CCCCC)cc4)ccc3c2)ccc1OCCOCC. The molecule has 0 saturated carbocycles. The maximum atomic E-state index is 11.9. The van der Waals surface area contributed by atoms with Gasteiger partial charge in [-0.3, -0.25) is 0 Å². The molecule has 0 N–H and O–H groups in total. The van der Waals surface area contributed by atoms with Gasteiger partial charge in [-0.15, -0.1) is 0 Å². The van der Waals surface area contributed by atoms with Gasteiger partial charge in [-0.1, -0.05) is 80.9 Å². The van der Waals surface area contributed by atoms with Gasteiger partial charge in [0.1, 0.15) is 12.4 Å². The molecular formula is C37H42O4. The number of esters is 1. The molecule has 0 amide bonds. The Bertz CT molecular complexity index is 1450. The molecule has 0 aliphatic heterocycles. The molecule has 4 nitrogen and oxygen atoms in total. The minimum Gasteiger partial charge on any atom is -0.491 e. The fourth-order valence-corrected chi connectivity index (χ4v) is 4.87. The molecule has 0 bridgehead atoms. The molecule has 0 fully saturated rings. The average molecular weight is 551 g/mol. The van der Waals surface area contributed by atoms with Crippen molar-refractivity contribution in [3.8, 4) is 28.0 Å². The van der Waals surface area contributed by atoms with Gasteiger partial charge in [0.15, 0.2) is 0 Å². The first-order chi connectivity index (χ1) is 20.0. The number of carbonyl (C=O) groups is 1. The second-order valence-corrected chi connectivity index (χ2v) is 10.5. The number of rotatable bonds is 15. The lowest BCUT2D eigenvalue weighted by Gasteiger charge is -2.14. The van der Waals surface area contributed by atoms with Gasteiger partial charge in [-0.25, -0.2) is 4.79 Å². The van der Waals surface area contributed by atoms with Crippen molar-refractivity contribution in [2.24, 2.45) is 0 Å². The first-order valence-electron chi connectivity index (χ1n) is 14.8.